The molecule has 1 aromatic heterocycles. The SMILES string of the molecule is CN(C(=O)NCc1ccnc(OCC(F)(F)F)c1)C1CCCCC1. The van der Waals surface area contributed by atoms with Crippen LogP contribution in [0.2, 0.25) is 0 Å². The molecule has 24 heavy (non-hydrogen) atoms. The highest BCUT2D eigenvalue weighted by molar-refractivity contribution is 5.74. The third-order valence-corrected chi connectivity index (χ3v) is 4.07. The molecule has 2 rings (SSSR count). The predicted octanol–water partition coefficient (Wildman–Crippen LogP) is 3.50. The third kappa shape index (κ3) is 5.90. The molecule has 0 radical (unpaired) electrons. The lowest BCUT2D eigenvalue weighted by molar-refractivity contribution is -0.154. The van der Waals surface area contributed by atoms with Crippen LogP contribution < -0.4 is 10.1 Å². The van der Waals surface area contributed by atoms with Gasteiger partial charge in [-0.05, 0) is 24.5 Å². The maximum atomic E-state index is 12.2. The second-order valence-electron chi connectivity index (χ2n) is 5.97. The predicted molar refractivity (Wildman–Crippen MR) is 82.7 cm³/mol. The Morgan fingerprint density at radius 1 is 1.38 bits per heavy atom. The summed E-state index contributed by atoms with van der Waals surface area (Å²) in [5, 5.41) is 2.78. The van der Waals surface area contributed by atoms with E-state index >= 15 is 0 Å². The topological polar surface area (TPSA) is 54.5 Å². The van der Waals surface area contributed by atoms with E-state index < -0.39 is 12.8 Å². The van der Waals surface area contributed by atoms with E-state index in [1.807, 2.05) is 0 Å². The Morgan fingerprint density at radius 2 is 2.08 bits per heavy atom. The second kappa shape index (κ2) is 8.21. The molecular weight excluding hydrogens is 323 g/mol. The van der Waals surface area contributed by atoms with Gasteiger partial charge >= 0.3 is 12.2 Å². The van der Waals surface area contributed by atoms with Crippen LogP contribution in [0.3, 0.4) is 0 Å². The minimum Gasteiger partial charge on any atom is -0.468 e. The van der Waals surface area contributed by atoms with Crippen LogP contribution in [0, 0.1) is 0 Å². The lowest BCUT2D eigenvalue weighted by atomic mass is 9.95. The number of carbonyl (C=O) groups excluding carboxylic acids is 1. The Kier molecular flexibility index (Phi) is 6.28. The summed E-state index contributed by atoms with van der Waals surface area (Å²) >= 11 is 0. The highest BCUT2D eigenvalue weighted by atomic mass is 19.4. The van der Waals surface area contributed by atoms with E-state index in [0.29, 0.717) is 5.56 Å². The van der Waals surface area contributed by atoms with Gasteiger partial charge in [0, 0.05) is 31.9 Å². The van der Waals surface area contributed by atoms with Crippen molar-refractivity contribution in [2.24, 2.45) is 0 Å². The van der Waals surface area contributed by atoms with Gasteiger partial charge < -0.3 is 15.0 Å². The van der Waals surface area contributed by atoms with E-state index in [2.05, 4.69) is 15.0 Å². The number of nitrogens with one attached hydrogen (secondary N) is 1. The van der Waals surface area contributed by atoms with Crippen LogP contribution in [0.4, 0.5) is 18.0 Å². The average Bonchev–Trinajstić information content (AvgIpc) is 2.58. The number of halogens is 3. The van der Waals surface area contributed by atoms with Crippen molar-refractivity contribution in [3.05, 3.63) is 23.9 Å². The lowest BCUT2D eigenvalue weighted by Crippen LogP contribution is -2.44. The van der Waals surface area contributed by atoms with Crippen LogP contribution in [0.25, 0.3) is 0 Å². The van der Waals surface area contributed by atoms with E-state index in [1.54, 1.807) is 18.0 Å². The van der Waals surface area contributed by atoms with E-state index in [0.717, 1.165) is 25.7 Å². The number of nitrogens with zero attached hydrogens (tertiary/aromatic N) is 2. The van der Waals surface area contributed by atoms with Crippen LogP contribution in [-0.4, -0.2) is 41.8 Å². The van der Waals surface area contributed by atoms with Gasteiger partial charge in [-0.1, -0.05) is 19.3 Å². The van der Waals surface area contributed by atoms with Crippen molar-refractivity contribution >= 4 is 6.03 Å². The second-order valence-corrected chi connectivity index (χ2v) is 5.97. The molecule has 1 N–H and O–H groups in total. The first-order chi connectivity index (χ1) is 11.3. The van der Waals surface area contributed by atoms with Gasteiger partial charge in [-0.2, -0.15) is 13.2 Å². The highest BCUT2D eigenvalue weighted by Crippen LogP contribution is 2.21. The van der Waals surface area contributed by atoms with Crippen molar-refractivity contribution in [3.8, 4) is 5.88 Å². The molecule has 1 saturated carbocycles. The number of ether oxygens (including phenoxy) is 1. The monoisotopic (exact) mass is 345 g/mol. The largest absolute Gasteiger partial charge is 0.468 e. The molecule has 0 aliphatic heterocycles. The molecule has 134 valence electrons. The zero-order chi connectivity index (χ0) is 17.6. The van der Waals surface area contributed by atoms with Crippen LogP contribution in [-0.2, 0) is 6.54 Å². The molecule has 1 aliphatic rings. The summed E-state index contributed by atoms with van der Waals surface area (Å²) < 4.78 is 41.0. The fraction of sp³-hybridized carbons (Fsp3) is 0.625. The zero-order valence-electron chi connectivity index (χ0n) is 13.6. The first-order valence-electron chi connectivity index (χ1n) is 8.00. The Labute approximate surface area is 139 Å². The molecule has 1 aliphatic carbocycles. The maximum absolute atomic E-state index is 12.2. The third-order valence-electron chi connectivity index (χ3n) is 4.07. The Bertz CT molecular complexity index is 546. The molecule has 5 nitrogen and oxygen atoms in total. The molecular formula is C16H22F3N3O2. The summed E-state index contributed by atoms with van der Waals surface area (Å²) in [4.78, 5) is 17.6. The van der Waals surface area contributed by atoms with Crippen molar-refractivity contribution in [1.82, 2.24) is 15.2 Å². The number of carbonyl (C=O) groups is 1. The van der Waals surface area contributed by atoms with Crippen LogP contribution in [0.15, 0.2) is 18.3 Å². The quantitative estimate of drug-likeness (QED) is 0.889. The van der Waals surface area contributed by atoms with Gasteiger partial charge in [0.05, 0.1) is 0 Å². The number of urea groups is 1. The standard InChI is InChI=1S/C16H22F3N3O2/c1-22(13-5-3-2-4-6-13)15(23)21-10-12-7-8-20-14(9-12)24-11-16(17,18)19/h7-9,13H,2-6,10-11H2,1H3,(H,21,23). The molecule has 1 fully saturated rings. The molecule has 1 heterocycles. The van der Waals surface area contributed by atoms with Gasteiger partial charge in [0.25, 0.3) is 0 Å². The Hall–Kier alpha value is -1.99. The fourth-order valence-electron chi connectivity index (χ4n) is 2.73. The maximum Gasteiger partial charge on any atom is 0.422 e. The smallest absolute Gasteiger partial charge is 0.422 e. The number of aromatic nitrogens is 1. The average molecular weight is 345 g/mol. The number of hydrogen-bond donors (Lipinski definition) is 1. The molecule has 0 unspecified atom stereocenters. The highest BCUT2D eigenvalue weighted by Gasteiger charge is 2.28. The van der Waals surface area contributed by atoms with Gasteiger partial charge in [0.2, 0.25) is 5.88 Å². The summed E-state index contributed by atoms with van der Waals surface area (Å²) in [6, 6.07) is 3.09. The molecule has 1 aromatic rings. The van der Waals surface area contributed by atoms with Gasteiger partial charge in [0.15, 0.2) is 6.61 Å². The van der Waals surface area contributed by atoms with E-state index in [1.165, 1.54) is 18.7 Å². The van der Waals surface area contributed by atoms with Crippen molar-refractivity contribution in [3.63, 3.8) is 0 Å². The van der Waals surface area contributed by atoms with Crippen LogP contribution in [0.1, 0.15) is 37.7 Å². The van der Waals surface area contributed by atoms with Gasteiger partial charge in [0.1, 0.15) is 0 Å². The molecule has 0 aromatic carbocycles. The summed E-state index contributed by atoms with van der Waals surface area (Å²) in [5.41, 5.74) is 0.632. The summed E-state index contributed by atoms with van der Waals surface area (Å²) in [7, 11) is 1.77. The molecule has 0 saturated heterocycles. The number of rotatable bonds is 5. The summed E-state index contributed by atoms with van der Waals surface area (Å²) in [6.45, 7) is -1.18. The van der Waals surface area contributed by atoms with Gasteiger partial charge in [-0.15, -0.1) is 0 Å². The van der Waals surface area contributed by atoms with E-state index in [9.17, 15) is 18.0 Å². The van der Waals surface area contributed by atoms with Gasteiger partial charge in [-0.25, -0.2) is 9.78 Å². The molecule has 8 heteroatoms. The minimum absolute atomic E-state index is 0.111. The van der Waals surface area contributed by atoms with E-state index in [4.69, 9.17) is 0 Å². The zero-order valence-corrected chi connectivity index (χ0v) is 13.6. The van der Waals surface area contributed by atoms with Gasteiger partial charge in [-0.3, -0.25) is 0 Å². The van der Waals surface area contributed by atoms with Crippen molar-refractivity contribution in [2.45, 2.75) is 50.9 Å². The number of amides is 2. The van der Waals surface area contributed by atoms with E-state index in [-0.39, 0.29) is 24.5 Å². The van der Waals surface area contributed by atoms with Crippen LogP contribution in [0.5, 0.6) is 5.88 Å². The number of pyridine rings is 1. The Balaban J connectivity index is 1.83. The number of alkyl halides is 3. The van der Waals surface area contributed by atoms with Crippen molar-refractivity contribution < 1.29 is 22.7 Å². The Morgan fingerprint density at radius 3 is 2.75 bits per heavy atom. The van der Waals surface area contributed by atoms with Crippen molar-refractivity contribution in [2.75, 3.05) is 13.7 Å². The van der Waals surface area contributed by atoms with Crippen LogP contribution >= 0.6 is 0 Å². The number of hydrogen-bond acceptors (Lipinski definition) is 3. The molecule has 2 amide bonds. The molecule has 0 atom stereocenters. The first kappa shape index (κ1) is 18.4. The first-order valence-corrected chi connectivity index (χ1v) is 8.00. The minimum atomic E-state index is -4.41. The summed E-state index contributed by atoms with van der Waals surface area (Å²) in [6.07, 6.45) is 2.44. The molecule has 0 spiro atoms. The summed E-state index contributed by atoms with van der Waals surface area (Å²) in [5.74, 6) is -0.111. The van der Waals surface area contributed by atoms with Crippen molar-refractivity contribution in [1.29, 1.82) is 0 Å². The lowest BCUT2D eigenvalue weighted by Gasteiger charge is -2.31. The fourth-order valence-corrected chi connectivity index (χ4v) is 2.73. The normalized spacial score (nSPS) is 15.8. The molecule has 0 bridgehead atoms.